The van der Waals surface area contributed by atoms with Gasteiger partial charge in [-0.15, -0.1) is 0 Å². The molecular formula is C21H18F3N5O. The highest BCUT2D eigenvalue weighted by atomic mass is 19.4. The van der Waals surface area contributed by atoms with Crippen molar-refractivity contribution in [1.29, 1.82) is 0 Å². The Bertz CT molecular complexity index is 1100. The van der Waals surface area contributed by atoms with Gasteiger partial charge in [-0.2, -0.15) is 13.2 Å². The van der Waals surface area contributed by atoms with Gasteiger partial charge in [0.15, 0.2) is 0 Å². The topological polar surface area (TPSA) is 71.0 Å². The number of anilines is 1. The summed E-state index contributed by atoms with van der Waals surface area (Å²) in [5, 5.41) is 4.08. The minimum Gasteiger partial charge on any atom is -0.365 e. The van der Waals surface area contributed by atoms with Crippen molar-refractivity contribution in [2.75, 3.05) is 18.4 Å². The van der Waals surface area contributed by atoms with Crippen LogP contribution in [0.5, 0.6) is 0 Å². The highest BCUT2D eigenvalue weighted by molar-refractivity contribution is 5.98. The Morgan fingerprint density at radius 2 is 2.03 bits per heavy atom. The monoisotopic (exact) mass is 413 g/mol. The first-order chi connectivity index (χ1) is 14.4. The van der Waals surface area contributed by atoms with Gasteiger partial charge in [-0.05, 0) is 36.8 Å². The van der Waals surface area contributed by atoms with E-state index in [9.17, 15) is 18.0 Å². The molecule has 30 heavy (non-hydrogen) atoms. The van der Waals surface area contributed by atoms with Crippen molar-refractivity contribution in [1.82, 2.24) is 19.9 Å². The van der Waals surface area contributed by atoms with Gasteiger partial charge in [-0.1, -0.05) is 6.58 Å². The van der Waals surface area contributed by atoms with Crippen LogP contribution in [0.3, 0.4) is 0 Å². The smallest absolute Gasteiger partial charge is 0.365 e. The number of nitrogens with zero attached hydrogens (tertiary/aromatic N) is 4. The summed E-state index contributed by atoms with van der Waals surface area (Å²) in [6.07, 6.45) is 1.59. The Hall–Kier alpha value is -3.49. The summed E-state index contributed by atoms with van der Waals surface area (Å²) in [5.74, 6) is 0.495. The number of carbonyl (C=O) groups excluding carboxylic acids is 1. The number of alkyl halides is 3. The molecule has 1 fully saturated rings. The molecule has 1 unspecified atom stereocenters. The van der Waals surface area contributed by atoms with Crippen LogP contribution in [0.1, 0.15) is 12.0 Å². The first kappa shape index (κ1) is 19.8. The van der Waals surface area contributed by atoms with Crippen molar-refractivity contribution < 1.29 is 18.0 Å². The summed E-state index contributed by atoms with van der Waals surface area (Å²) >= 11 is 0. The molecule has 4 rings (SSSR count). The van der Waals surface area contributed by atoms with Crippen molar-refractivity contribution >= 4 is 22.6 Å². The lowest BCUT2D eigenvalue weighted by Crippen LogP contribution is -2.30. The first-order valence-corrected chi connectivity index (χ1v) is 9.32. The second-order valence-electron chi connectivity index (χ2n) is 6.97. The number of hydrogen-bond donors (Lipinski definition) is 1. The fourth-order valence-electron chi connectivity index (χ4n) is 3.49. The number of likely N-dealkylation sites (tertiary alicyclic amines) is 1. The van der Waals surface area contributed by atoms with Gasteiger partial charge in [0, 0.05) is 48.7 Å². The SMILES string of the molecule is C=CC(=O)N1CCC(Nc2ncc(-c3ccc(C(F)(F)F)cn3)c3ncccc23)C1. The molecule has 3 aromatic heterocycles. The number of hydrogen-bond acceptors (Lipinski definition) is 5. The molecule has 0 aliphatic carbocycles. The van der Waals surface area contributed by atoms with E-state index in [4.69, 9.17) is 0 Å². The standard InChI is InChI=1S/C21H18F3N5O/c1-2-18(30)29-9-7-14(12-29)28-20-15-4-3-8-25-19(15)16(11-27-20)17-6-5-13(10-26-17)21(22,23)24/h2-6,8,10-11,14H,1,7,9,12H2,(H,27,28). The lowest BCUT2D eigenvalue weighted by molar-refractivity contribution is -0.137. The van der Waals surface area contributed by atoms with Gasteiger partial charge in [0.25, 0.3) is 0 Å². The average molecular weight is 413 g/mol. The number of carbonyl (C=O) groups is 1. The van der Waals surface area contributed by atoms with Gasteiger partial charge in [0.05, 0.1) is 16.8 Å². The quantitative estimate of drug-likeness (QED) is 0.657. The van der Waals surface area contributed by atoms with E-state index in [0.717, 1.165) is 24.1 Å². The van der Waals surface area contributed by atoms with Gasteiger partial charge in [0.1, 0.15) is 5.82 Å². The predicted octanol–water partition coefficient (Wildman–Crippen LogP) is 3.91. The molecule has 0 aromatic carbocycles. The minimum absolute atomic E-state index is 0.0276. The molecule has 0 saturated carbocycles. The summed E-state index contributed by atoms with van der Waals surface area (Å²) in [5.41, 5.74) is 0.669. The lowest BCUT2D eigenvalue weighted by Gasteiger charge is -2.17. The second kappa shape index (κ2) is 7.74. The molecule has 0 spiro atoms. The van der Waals surface area contributed by atoms with Crippen molar-refractivity contribution in [2.24, 2.45) is 0 Å². The van der Waals surface area contributed by atoms with E-state index in [2.05, 4.69) is 26.8 Å². The molecule has 0 bridgehead atoms. The van der Waals surface area contributed by atoms with Crippen molar-refractivity contribution in [3.63, 3.8) is 0 Å². The molecule has 154 valence electrons. The highest BCUT2D eigenvalue weighted by Gasteiger charge is 2.31. The molecule has 1 amide bonds. The van der Waals surface area contributed by atoms with Crippen LogP contribution in [0, 0.1) is 0 Å². The zero-order chi connectivity index (χ0) is 21.3. The largest absolute Gasteiger partial charge is 0.417 e. The van der Waals surface area contributed by atoms with Crippen molar-refractivity contribution in [3.8, 4) is 11.3 Å². The third-order valence-corrected chi connectivity index (χ3v) is 5.02. The Labute approximate surface area is 170 Å². The van der Waals surface area contributed by atoms with E-state index in [1.807, 2.05) is 6.07 Å². The summed E-state index contributed by atoms with van der Waals surface area (Å²) in [4.78, 5) is 26.3. The number of rotatable bonds is 4. The Kier molecular flexibility index (Phi) is 5.11. The summed E-state index contributed by atoms with van der Waals surface area (Å²) in [6, 6.07) is 5.94. The molecule has 1 N–H and O–H groups in total. The maximum atomic E-state index is 12.8. The van der Waals surface area contributed by atoms with E-state index in [1.54, 1.807) is 23.4 Å². The van der Waals surface area contributed by atoms with Crippen LogP contribution in [0.2, 0.25) is 0 Å². The molecule has 4 heterocycles. The maximum Gasteiger partial charge on any atom is 0.417 e. The molecule has 1 aliphatic heterocycles. The first-order valence-electron chi connectivity index (χ1n) is 9.32. The van der Waals surface area contributed by atoms with E-state index < -0.39 is 11.7 Å². The number of fused-ring (bicyclic) bond motifs is 1. The van der Waals surface area contributed by atoms with E-state index in [-0.39, 0.29) is 11.9 Å². The highest BCUT2D eigenvalue weighted by Crippen LogP contribution is 2.33. The fourth-order valence-corrected chi connectivity index (χ4v) is 3.49. The van der Waals surface area contributed by atoms with Crippen LogP contribution in [0.4, 0.5) is 19.0 Å². The van der Waals surface area contributed by atoms with Gasteiger partial charge in [0.2, 0.25) is 5.91 Å². The zero-order valence-corrected chi connectivity index (χ0v) is 15.9. The summed E-state index contributed by atoms with van der Waals surface area (Å²) < 4.78 is 38.5. The van der Waals surface area contributed by atoms with Crippen LogP contribution in [-0.4, -0.2) is 44.9 Å². The number of amides is 1. The van der Waals surface area contributed by atoms with E-state index >= 15 is 0 Å². The van der Waals surface area contributed by atoms with Crippen LogP contribution in [0.15, 0.2) is 55.5 Å². The molecule has 0 radical (unpaired) electrons. The Balaban J connectivity index is 1.64. The zero-order valence-electron chi connectivity index (χ0n) is 15.9. The molecule has 1 saturated heterocycles. The van der Waals surface area contributed by atoms with Gasteiger partial charge < -0.3 is 10.2 Å². The second-order valence-corrected chi connectivity index (χ2v) is 6.97. The average Bonchev–Trinajstić information content (AvgIpc) is 3.21. The minimum atomic E-state index is -4.44. The number of halogens is 3. The molecular weight excluding hydrogens is 395 g/mol. The number of pyridine rings is 3. The van der Waals surface area contributed by atoms with Crippen molar-refractivity contribution in [2.45, 2.75) is 18.6 Å². The third-order valence-electron chi connectivity index (χ3n) is 5.02. The van der Waals surface area contributed by atoms with Gasteiger partial charge in [-0.25, -0.2) is 4.98 Å². The van der Waals surface area contributed by atoms with E-state index in [1.165, 1.54) is 12.1 Å². The molecule has 9 heteroatoms. The molecule has 3 aromatic rings. The van der Waals surface area contributed by atoms with Gasteiger partial charge in [-0.3, -0.25) is 14.8 Å². The normalized spacial score (nSPS) is 16.6. The Morgan fingerprint density at radius 1 is 1.20 bits per heavy atom. The van der Waals surface area contributed by atoms with E-state index in [0.29, 0.717) is 35.7 Å². The van der Waals surface area contributed by atoms with Crippen molar-refractivity contribution in [3.05, 3.63) is 61.1 Å². The van der Waals surface area contributed by atoms with Crippen LogP contribution in [-0.2, 0) is 11.0 Å². The lowest BCUT2D eigenvalue weighted by atomic mass is 10.1. The van der Waals surface area contributed by atoms with Crippen LogP contribution < -0.4 is 5.32 Å². The van der Waals surface area contributed by atoms with Crippen LogP contribution >= 0.6 is 0 Å². The predicted molar refractivity (Wildman–Crippen MR) is 107 cm³/mol. The van der Waals surface area contributed by atoms with Gasteiger partial charge >= 0.3 is 6.18 Å². The maximum absolute atomic E-state index is 12.8. The molecule has 1 aliphatic rings. The molecule has 6 nitrogen and oxygen atoms in total. The summed E-state index contributed by atoms with van der Waals surface area (Å²) in [7, 11) is 0. The molecule has 1 atom stereocenters. The number of aromatic nitrogens is 3. The van der Waals surface area contributed by atoms with Crippen LogP contribution in [0.25, 0.3) is 22.2 Å². The summed E-state index contributed by atoms with van der Waals surface area (Å²) in [6.45, 7) is 4.68. The third kappa shape index (κ3) is 3.83. The number of nitrogens with one attached hydrogen (secondary N) is 1. The fraction of sp³-hybridized carbons (Fsp3) is 0.238. The Morgan fingerprint density at radius 3 is 2.73 bits per heavy atom.